The van der Waals surface area contributed by atoms with E-state index in [9.17, 15) is 14.4 Å². The molecule has 0 aliphatic carbocycles. The molecular formula is C28H25N5O3. The molecule has 0 bridgehead atoms. The number of H-pyrrole nitrogens is 1. The molecule has 1 atom stereocenters. The van der Waals surface area contributed by atoms with Crippen molar-refractivity contribution < 1.29 is 14.4 Å². The third-order valence-corrected chi connectivity index (χ3v) is 6.47. The summed E-state index contributed by atoms with van der Waals surface area (Å²) in [5.74, 6) is -1.39. The van der Waals surface area contributed by atoms with Gasteiger partial charge in [0, 0.05) is 41.7 Å². The SMILES string of the molecule is N=C(C(=O)c1ccc(-c2ccccc2)cn1)[C@H]1CCN(C(=O)CNC(=O)c2cc3ccccc3[nH]2)C1. The summed E-state index contributed by atoms with van der Waals surface area (Å²) in [5.41, 5.74) is 3.30. The van der Waals surface area contributed by atoms with Crippen LogP contribution < -0.4 is 5.32 Å². The smallest absolute Gasteiger partial charge is 0.268 e. The zero-order valence-electron chi connectivity index (χ0n) is 19.5. The molecule has 2 aromatic heterocycles. The van der Waals surface area contributed by atoms with E-state index in [0.717, 1.165) is 22.0 Å². The average molecular weight is 480 g/mol. The Hall–Kier alpha value is -4.59. The number of nitrogens with one attached hydrogen (secondary N) is 3. The first kappa shape index (κ1) is 23.2. The number of amides is 2. The van der Waals surface area contributed by atoms with Crippen molar-refractivity contribution in [2.45, 2.75) is 6.42 Å². The zero-order chi connectivity index (χ0) is 25.1. The fourth-order valence-corrected chi connectivity index (χ4v) is 4.43. The minimum absolute atomic E-state index is 0.0487. The molecule has 36 heavy (non-hydrogen) atoms. The first-order valence-electron chi connectivity index (χ1n) is 11.8. The third-order valence-electron chi connectivity index (χ3n) is 6.47. The second-order valence-electron chi connectivity index (χ2n) is 8.82. The van der Waals surface area contributed by atoms with Crippen LogP contribution in [0.25, 0.3) is 22.0 Å². The molecule has 0 spiro atoms. The lowest BCUT2D eigenvalue weighted by atomic mass is 9.97. The van der Waals surface area contributed by atoms with Gasteiger partial charge in [-0.15, -0.1) is 0 Å². The largest absolute Gasteiger partial charge is 0.351 e. The summed E-state index contributed by atoms with van der Waals surface area (Å²) >= 11 is 0. The van der Waals surface area contributed by atoms with Crippen molar-refractivity contribution in [2.75, 3.05) is 19.6 Å². The first-order chi connectivity index (χ1) is 17.5. The second kappa shape index (κ2) is 9.95. The van der Waals surface area contributed by atoms with Crippen LogP contribution in [0.2, 0.25) is 0 Å². The number of fused-ring (bicyclic) bond motifs is 1. The Morgan fingerprint density at radius 3 is 2.53 bits per heavy atom. The highest BCUT2D eigenvalue weighted by Crippen LogP contribution is 2.21. The lowest BCUT2D eigenvalue weighted by Gasteiger charge is -2.17. The third kappa shape index (κ3) is 4.79. The van der Waals surface area contributed by atoms with Crippen LogP contribution in [-0.2, 0) is 4.79 Å². The Morgan fingerprint density at radius 2 is 1.78 bits per heavy atom. The maximum absolute atomic E-state index is 12.9. The lowest BCUT2D eigenvalue weighted by Crippen LogP contribution is -2.39. The van der Waals surface area contributed by atoms with Gasteiger partial charge >= 0.3 is 0 Å². The topological polar surface area (TPSA) is 119 Å². The number of hydrogen-bond acceptors (Lipinski definition) is 5. The van der Waals surface area contributed by atoms with Gasteiger partial charge in [0.1, 0.15) is 11.4 Å². The number of hydrogen-bond donors (Lipinski definition) is 3. The van der Waals surface area contributed by atoms with E-state index >= 15 is 0 Å². The standard InChI is InChI=1S/C28H25N5O3/c29-26(27(35)23-11-10-20(15-30-23)18-6-2-1-3-7-18)21-12-13-33(17-21)25(34)16-31-28(36)24-14-19-8-4-5-9-22(19)32-24/h1-11,14-15,21,29,32H,12-13,16-17H2,(H,31,36)/t21-/m0/s1. The van der Waals surface area contributed by atoms with E-state index in [1.807, 2.05) is 60.7 Å². The Kier molecular flexibility index (Phi) is 6.40. The average Bonchev–Trinajstić information content (AvgIpc) is 3.59. The summed E-state index contributed by atoms with van der Waals surface area (Å²) in [6.07, 6.45) is 2.16. The van der Waals surface area contributed by atoms with Gasteiger partial charge in [0.15, 0.2) is 0 Å². The zero-order valence-corrected chi connectivity index (χ0v) is 19.5. The number of carbonyl (C=O) groups excluding carboxylic acids is 3. The van der Waals surface area contributed by atoms with E-state index in [4.69, 9.17) is 5.41 Å². The number of para-hydroxylation sites is 1. The van der Waals surface area contributed by atoms with E-state index in [2.05, 4.69) is 15.3 Å². The van der Waals surface area contributed by atoms with Crippen molar-refractivity contribution in [2.24, 2.45) is 5.92 Å². The monoisotopic (exact) mass is 479 g/mol. The summed E-state index contributed by atoms with van der Waals surface area (Å²) < 4.78 is 0. The molecule has 2 aromatic carbocycles. The van der Waals surface area contributed by atoms with Gasteiger partial charge < -0.3 is 20.6 Å². The molecule has 0 unspecified atom stereocenters. The molecule has 1 aliphatic rings. The van der Waals surface area contributed by atoms with Crippen molar-refractivity contribution in [3.05, 3.63) is 90.4 Å². The fraction of sp³-hybridized carbons (Fsp3) is 0.179. The Balaban J connectivity index is 1.14. The predicted octanol–water partition coefficient (Wildman–Crippen LogP) is 3.71. The van der Waals surface area contributed by atoms with Crippen molar-refractivity contribution in [1.82, 2.24) is 20.2 Å². The van der Waals surface area contributed by atoms with E-state index in [1.54, 1.807) is 23.2 Å². The van der Waals surface area contributed by atoms with Crippen molar-refractivity contribution in [3.8, 4) is 11.1 Å². The normalized spacial score (nSPS) is 15.1. The van der Waals surface area contributed by atoms with Crippen LogP contribution in [0, 0.1) is 11.3 Å². The predicted molar refractivity (Wildman–Crippen MR) is 137 cm³/mol. The highest BCUT2D eigenvalue weighted by Gasteiger charge is 2.32. The van der Waals surface area contributed by atoms with Gasteiger partial charge in [0.05, 0.1) is 12.3 Å². The van der Waals surface area contributed by atoms with E-state index in [-0.39, 0.29) is 42.2 Å². The Bertz CT molecular complexity index is 1410. The molecular weight excluding hydrogens is 454 g/mol. The summed E-state index contributed by atoms with van der Waals surface area (Å²) in [6, 6.07) is 22.5. The van der Waals surface area contributed by atoms with Crippen LogP contribution in [0.4, 0.5) is 0 Å². The number of pyridine rings is 1. The first-order valence-corrected chi connectivity index (χ1v) is 11.8. The minimum Gasteiger partial charge on any atom is -0.351 e. The van der Waals surface area contributed by atoms with Crippen LogP contribution in [0.5, 0.6) is 0 Å². The molecule has 3 N–H and O–H groups in total. The second-order valence-corrected chi connectivity index (χ2v) is 8.82. The summed E-state index contributed by atoms with van der Waals surface area (Å²) in [5, 5.41) is 12.0. The van der Waals surface area contributed by atoms with Gasteiger partial charge in [-0.25, -0.2) is 0 Å². The summed E-state index contributed by atoms with van der Waals surface area (Å²) in [6.45, 7) is 0.556. The highest BCUT2D eigenvalue weighted by atomic mass is 16.2. The molecule has 0 saturated carbocycles. The maximum Gasteiger partial charge on any atom is 0.268 e. The van der Waals surface area contributed by atoms with Crippen LogP contribution >= 0.6 is 0 Å². The van der Waals surface area contributed by atoms with Crippen LogP contribution in [-0.4, -0.2) is 57.8 Å². The number of rotatable bonds is 7. The molecule has 1 saturated heterocycles. The molecule has 8 heteroatoms. The number of Topliss-reactive ketones (excluding diaryl/α,β-unsaturated/α-hetero) is 1. The maximum atomic E-state index is 12.9. The number of aromatic nitrogens is 2. The van der Waals surface area contributed by atoms with Gasteiger partial charge in [-0.2, -0.15) is 0 Å². The van der Waals surface area contributed by atoms with Gasteiger partial charge in [0.25, 0.3) is 5.91 Å². The molecule has 0 radical (unpaired) electrons. The molecule has 4 aromatic rings. The molecule has 3 heterocycles. The van der Waals surface area contributed by atoms with Gasteiger partial charge in [-0.05, 0) is 30.2 Å². The van der Waals surface area contributed by atoms with Gasteiger partial charge in [-0.1, -0.05) is 54.6 Å². The van der Waals surface area contributed by atoms with Crippen molar-refractivity contribution in [3.63, 3.8) is 0 Å². The number of likely N-dealkylation sites (tertiary alicyclic amines) is 1. The quantitative estimate of drug-likeness (QED) is 0.277. The molecule has 5 rings (SSSR count). The fourth-order valence-electron chi connectivity index (χ4n) is 4.43. The van der Waals surface area contributed by atoms with Crippen LogP contribution in [0.3, 0.4) is 0 Å². The molecule has 1 fully saturated rings. The number of ketones is 1. The molecule has 2 amide bonds. The molecule has 8 nitrogen and oxygen atoms in total. The Labute approximate surface area is 207 Å². The highest BCUT2D eigenvalue weighted by molar-refractivity contribution is 6.45. The number of aromatic amines is 1. The van der Waals surface area contributed by atoms with Gasteiger partial charge in [0.2, 0.25) is 11.7 Å². The van der Waals surface area contributed by atoms with E-state index in [0.29, 0.717) is 18.7 Å². The lowest BCUT2D eigenvalue weighted by molar-refractivity contribution is -0.129. The number of benzene rings is 2. The molecule has 180 valence electrons. The summed E-state index contributed by atoms with van der Waals surface area (Å²) in [7, 11) is 0. The van der Waals surface area contributed by atoms with Crippen molar-refractivity contribution >= 4 is 34.2 Å². The number of nitrogens with zero attached hydrogens (tertiary/aromatic N) is 2. The molecule has 1 aliphatic heterocycles. The van der Waals surface area contributed by atoms with Crippen LogP contribution in [0.1, 0.15) is 27.4 Å². The number of carbonyl (C=O) groups is 3. The van der Waals surface area contributed by atoms with Crippen LogP contribution in [0.15, 0.2) is 79.0 Å². The minimum atomic E-state index is -0.430. The van der Waals surface area contributed by atoms with Gasteiger partial charge in [-0.3, -0.25) is 19.4 Å². The van der Waals surface area contributed by atoms with E-state index < -0.39 is 5.78 Å². The Morgan fingerprint density at radius 1 is 1.00 bits per heavy atom. The summed E-state index contributed by atoms with van der Waals surface area (Å²) in [4.78, 5) is 46.9. The van der Waals surface area contributed by atoms with Crippen molar-refractivity contribution in [1.29, 1.82) is 5.41 Å². The van der Waals surface area contributed by atoms with E-state index in [1.165, 1.54) is 0 Å².